The first-order valence-corrected chi connectivity index (χ1v) is 9.33. The molecule has 2 heterocycles. The van der Waals surface area contributed by atoms with E-state index in [4.69, 9.17) is 4.74 Å². The summed E-state index contributed by atoms with van der Waals surface area (Å²) in [6, 6.07) is 12.4. The Kier molecular flexibility index (Phi) is 4.29. The molecule has 1 saturated heterocycles. The molecule has 1 aromatic carbocycles. The lowest BCUT2D eigenvalue weighted by molar-refractivity contribution is -0.117. The van der Waals surface area contributed by atoms with Crippen LogP contribution in [0.1, 0.15) is 22.1 Å². The highest BCUT2D eigenvalue weighted by molar-refractivity contribution is 7.12. The molecule has 2 aliphatic rings. The lowest BCUT2D eigenvalue weighted by Gasteiger charge is -2.30. The van der Waals surface area contributed by atoms with Gasteiger partial charge in [-0.3, -0.25) is 4.79 Å². The second kappa shape index (κ2) is 6.57. The van der Waals surface area contributed by atoms with Crippen LogP contribution in [0.15, 0.2) is 36.4 Å². The van der Waals surface area contributed by atoms with Crippen molar-refractivity contribution < 1.29 is 9.53 Å². The second-order valence-corrected chi connectivity index (χ2v) is 7.82. The first kappa shape index (κ1) is 15.7. The van der Waals surface area contributed by atoms with E-state index in [2.05, 4.69) is 35.3 Å². The van der Waals surface area contributed by atoms with Gasteiger partial charge in [-0.1, -0.05) is 12.1 Å². The van der Waals surface area contributed by atoms with Gasteiger partial charge < -0.3 is 15.0 Å². The van der Waals surface area contributed by atoms with Crippen molar-refractivity contribution in [2.24, 2.45) is 5.92 Å². The summed E-state index contributed by atoms with van der Waals surface area (Å²) in [5.74, 6) is 0.659. The van der Waals surface area contributed by atoms with Gasteiger partial charge in [-0.25, -0.2) is 0 Å². The third-order valence-corrected chi connectivity index (χ3v) is 5.90. The Bertz CT molecular complexity index is 736. The van der Waals surface area contributed by atoms with Crippen LogP contribution >= 0.6 is 11.3 Å². The van der Waals surface area contributed by atoms with E-state index >= 15 is 0 Å². The Balaban J connectivity index is 1.45. The van der Waals surface area contributed by atoms with Crippen molar-refractivity contribution in [2.75, 3.05) is 36.5 Å². The molecule has 2 unspecified atom stereocenters. The lowest BCUT2D eigenvalue weighted by Crippen LogP contribution is -2.36. The number of amides is 1. The van der Waals surface area contributed by atoms with E-state index in [1.54, 1.807) is 0 Å². The molecule has 4 nitrogen and oxygen atoms in total. The van der Waals surface area contributed by atoms with Gasteiger partial charge in [-0.2, -0.15) is 0 Å². The number of thiophene rings is 1. The smallest absolute Gasteiger partial charge is 0.228 e. The number of ether oxygens (including phenoxy) is 1. The molecule has 1 saturated carbocycles. The van der Waals surface area contributed by atoms with E-state index in [1.807, 2.05) is 29.5 Å². The van der Waals surface area contributed by atoms with Crippen molar-refractivity contribution in [2.45, 2.75) is 19.3 Å². The van der Waals surface area contributed by atoms with Crippen molar-refractivity contribution in [3.63, 3.8) is 0 Å². The van der Waals surface area contributed by atoms with Crippen molar-refractivity contribution in [1.29, 1.82) is 0 Å². The maximum absolute atomic E-state index is 12.7. The van der Waals surface area contributed by atoms with E-state index in [0.717, 1.165) is 44.1 Å². The minimum absolute atomic E-state index is 0.112. The third kappa shape index (κ3) is 3.19. The number of anilines is 2. The molecule has 1 aliphatic carbocycles. The van der Waals surface area contributed by atoms with Crippen LogP contribution in [-0.2, 0) is 9.53 Å². The fourth-order valence-electron chi connectivity index (χ4n) is 3.34. The van der Waals surface area contributed by atoms with Crippen LogP contribution in [-0.4, -0.2) is 32.2 Å². The Morgan fingerprint density at radius 2 is 2.00 bits per heavy atom. The molecule has 4 rings (SSSR count). The largest absolute Gasteiger partial charge is 0.378 e. The van der Waals surface area contributed by atoms with Crippen molar-refractivity contribution >= 4 is 28.6 Å². The van der Waals surface area contributed by atoms with Crippen LogP contribution in [0, 0.1) is 12.8 Å². The second-order valence-electron chi connectivity index (χ2n) is 6.50. The predicted octanol–water partition coefficient (Wildman–Crippen LogP) is 3.64. The molecule has 1 aromatic heterocycles. The van der Waals surface area contributed by atoms with Crippen LogP contribution < -0.4 is 10.2 Å². The number of nitrogens with zero attached hydrogens (tertiary/aromatic N) is 1. The summed E-state index contributed by atoms with van der Waals surface area (Å²) in [5.41, 5.74) is 2.01. The number of carbonyl (C=O) groups excluding carboxylic acids is 1. The van der Waals surface area contributed by atoms with Gasteiger partial charge >= 0.3 is 0 Å². The van der Waals surface area contributed by atoms with Gasteiger partial charge in [0.15, 0.2) is 0 Å². The first-order valence-electron chi connectivity index (χ1n) is 8.51. The summed E-state index contributed by atoms with van der Waals surface area (Å²) in [6.07, 6.45) is 0.964. The summed E-state index contributed by atoms with van der Waals surface area (Å²) in [5, 5.41) is 3.16. The van der Waals surface area contributed by atoms with Gasteiger partial charge in [0.2, 0.25) is 5.91 Å². The number of hydrogen-bond donors (Lipinski definition) is 1. The van der Waals surface area contributed by atoms with Crippen LogP contribution in [0.3, 0.4) is 0 Å². The zero-order chi connectivity index (χ0) is 16.5. The van der Waals surface area contributed by atoms with Crippen molar-refractivity contribution in [3.8, 4) is 0 Å². The molecule has 0 spiro atoms. The average molecular weight is 342 g/mol. The van der Waals surface area contributed by atoms with Gasteiger partial charge in [0.1, 0.15) is 0 Å². The monoisotopic (exact) mass is 342 g/mol. The molecular formula is C19H22N2O2S. The topological polar surface area (TPSA) is 41.6 Å². The normalized spacial score (nSPS) is 23.1. The van der Waals surface area contributed by atoms with Crippen LogP contribution in [0.25, 0.3) is 0 Å². The van der Waals surface area contributed by atoms with Crippen molar-refractivity contribution in [1.82, 2.24) is 0 Å². The number of morpholine rings is 1. The number of aryl methyl sites for hydroxylation is 1. The number of para-hydroxylation sites is 2. The lowest BCUT2D eigenvalue weighted by atomic mass is 10.2. The molecule has 126 valence electrons. The standard InChI is InChI=1S/C19H22N2O2S/c1-13-6-7-18(24-13)14-12-15(14)19(22)20-16-4-2-3-5-17(16)21-8-10-23-11-9-21/h2-7,14-15H,8-12H2,1H3,(H,20,22). The van der Waals surface area contributed by atoms with Gasteiger partial charge in [-0.15, -0.1) is 11.3 Å². The Morgan fingerprint density at radius 1 is 1.21 bits per heavy atom. The molecular weight excluding hydrogens is 320 g/mol. The predicted molar refractivity (Wildman–Crippen MR) is 98.0 cm³/mol. The molecule has 2 atom stereocenters. The minimum Gasteiger partial charge on any atom is -0.378 e. The molecule has 0 bridgehead atoms. The molecule has 2 fully saturated rings. The highest BCUT2D eigenvalue weighted by Crippen LogP contribution is 2.50. The highest BCUT2D eigenvalue weighted by atomic mass is 32.1. The van der Waals surface area contributed by atoms with Gasteiger partial charge in [0.25, 0.3) is 0 Å². The summed E-state index contributed by atoms with van der Waals surface area (Å²) >= 11 is 1.81. The van der Waals surface area contributed by atoms with Gasteiger partial charge in [0, 0.05) is 34.7 Å². The maximum atomic E-state index is 12.7. The Morgan fingerprint density at radius 3 is 2.75 bits per heavy atom. The molecule has 5 heteroatoms. The van der Waals surface area contributed by atoms with Crippen LogP contribution in [0.4, 0.5) is 11.4 Å². The van der Waals surface area contributed by atoms with Crippen LogP contribution in [0.5, 0.6) is 0 Å². The molecule has 0 radical (unpaired) electrons. The Hall–Kier alpha value is -1.85. The molecule has 1 N–H and O–H groups in total. The number of benzene rings is 1. The molecule has 1 aliphatic heterocycles. The van der Waals surface area contributed by atoms with Gasteiger partial charge in [-0.05, 0) is 37.6 Å². The minimum atomic E-state index is 0.112. The van der Waals surface area contributed by atoms with E-state index < -0.39 is 0 Å². The van der Waals surface area contributed by atoms with Gasteiger partial charge in [0.05, 0.1) is 24.6 Å². The zero-order valence-corrected chi connectivity index (χ0v) is 14.6. The quantitative estimate of drug-likeness (QED) is 0.922. The molecule has 2 aromatic rings. The highest BCUT2D eigenvalue weighted by Gasteiger charge is 2.44. The van der Waals surface area contributed by atoms with E-state index in [9.17, 15) is 4.79 Å². The SMILES string of the molecule is Cc1ccc(C2CC2C(=O)Nc2ccccc2N2CCOCC2)s1. The summed E-state index contributed by atoms with van der Waals surface area (Å²) in [6.45, 7) is 5.33. The number of nitrogens with one attached hydrogen (secondary N) is 1. The number of carbonyl (C=O) groups is 1. The fraction of sp³-hybridized carbons (Fsp3) is 0.421. The number of hydrogen-bond acceptors (Lipinski definition) is 4. The molecule has 24 heavy (non-hydrogen) atoms. The first-order chi connectivity index (χ1) is 11.7. The fourth-order valence-corrected chi connectivity index (χ4v) is 4.39. The number of rotatable bonds is 4. The Labute approximate surface area is 146 Å². The summed E-state index contributed by atoms with van der Waals surface area (Å²) in [7, 11) is 0. The zero-order valence-electron chi connectivity index (χ0n) is 13.8. The van der Waals surface area contributed by atoms with Crippen molar-refractivity contribution in [3.05, 3.63) is 46.2 Å². The van der Waals surface area contributed by atoms with Crippen LogP contribution in [0.2, 0.25) is 0 Å². The van der Waals surface area contributed by atoms with E-state index in [0.29, 0.717) is 5.92 Å². The molecule has 1 amide bonds. The van der Waals surface area contributed by atoms with E-state index in [1.165, 1.54) is 9.75 Å². The maximum Gasteiger partial charge on any atom is 0.228 e. The average Bonchev–Trinajstić information content (AvgIpc) is 3.30. The third-order valence-electron chi connectivity index (χ3n) is 4.77. The van der Waals surface area contributed by atoms with E-state index in [-0.39, 0.29) is 11.8 Å². The summed E-state index contributed by atoms with van der Waals surface area (Å²) < 4.78 is 5.43. The summed E-state index contributed by atoms with van der Waals surface area (Å²) in [4.78, 5) is 17.6.